The molecule has 1 aromatic rings. The molecule has 1 heterocycles. The Hall–Kier alpha value is -1.91. The summed E-state index contributed by atoms with van der Waals surface area (Å²) in [5, 5.41) is 2.46. The topological polar surface area (TPSA) is 68.3 Å². The molecule has 5 heteroatoms. The van der Waals surface area contributed by atoms with E-state index in [9.17, 15) is 9.59 Å². The molecule has 0 spiro atoms. The molecule has 1 atom stereocenters. The van der Waals surface area contributed by atoms with E-state index in [1.165, 1.54) is 14.0 Å². The van der Waals surface area contributed by atoms with Crippen LogP contribution >= 0.6 is 0 Å². The molecule has 0 radical (unpaired) electrons. The van der Waals surface area contributed by atoms with Gasteiger partial charge in [-0.15, -0.1) is 0 Å². The van der Waals surface area contributed by atoms with Crippen LogP contribution in [0.5, 0.6) is 0 Å². The summed E-state index contributed by atoms with van der Waals surface area (Å²) in [6, 6.07) is 4.83. The third-order valence-corrected chi connectivity index (χ3v) is 2.11. The van der Waals surface area contributed by atoms with Crippen LogP contribution < -0.4 is 5.32 Å². The second-order valence-electron chi connectivity index (χ2n) is 3.32. The minimum Gasteiger partial charge on any atom is -0.453 e. The molecular weight excluding hydrogens is 208 g/mol. The van der Waals surface area contributed by atoms with Crippen molar-refractivity contribution in [3.63, 3.8) is 0 Å². The summed E-state index contributed by atoms with van der Waals surface area (Å²) in [7, 11) is 1.26. The van der Waals surface area contributed by atoms with E-state index < -0.39 is 12.1 Å². The lowest BCUT2D eigenvalue weighted by Crippen LogP contribution is -2.41. The Balaban J connectivity index is 2.65. The normalized spacial score (nSPS) is 11.6. The molecule has 0 fully saturated rings. The first kappa shape index (κ1) is 12.2. The van der Waals surface area contributed by atoms with Crippen LogP contribution in [0, 0.1) is 0 Å². The molecule has 1 rings (SSSR count). The Labute approximate surface area is 93.8 Å². The number of nitrogens with one attached hydrogen (secondary N) is 1. The van der Waals surface area contributed by atoms with Gasteiger partial charge in [-0.1, -0.05) is 6.07 Å². The van der Waals surface area contributed by atoms with E-state index in [-0.39, 0.29) is 5.78 Å². The third kappa shape index (κ3) is 3.68. The average Bonchev–Trinajstić information content (AvgIpc) is 2.29. The molecule has 1 N–H and O–H groups in total. The number of nitrogens with zero attached hydrogens (tertiary/aromatic N) is 1. The zero-order valence-corrected chi connectivity index (χ0v) is 9.27. The summed E-state index contributed by atoms with van der Waals surface area (Å²) in [5.74, 6) is -0.129. The summed E-state index contributed by atoms with van der Waals surface area (Å²) in [5.41, 5.74) is 0.749. The maximum atomic E-state index is 11.3. The van der Waals surface area contributed by atoms with Crippen molar-refractivity contribution in [1.29, 1.82) is 0 Å². The van der Waals surface area contributed by atoms with Crippen LogP contribution in [-0.4, -0.2) is 30.0 Å². The van der Waals surface area contributed by atoms with Crippen LogP contribution in [0.1, 0.15) is 12.6 Å². The molecule has 0 aliphatic heterocycles. The van der Waals surface area contributed by atoms with Gasteiger partial charge in [-0.05, 0) is 19.1 Å². The number of ketones is 1. The number of ether oxygens (including phenoxy) is 1. The van der Waals surface area contributed by atoms with Crippen molar-refractivity contribution in [2.45, 2.75) is 19.4 Å². The van der Waals surface area contributed by atoms with Crippen molar-refractivity contribution in [3.8, 4) is 0 Å². The van der Waals surface area contributed by atoms with Crippen molar-refractivity contribution in [3.05, 3.63) is 30.1 Å². The van der Waals surface area contributed by atoms with Gasteiger partial charge in [0.2, 0.25) is 0 Å². The molecule has 0 aliphatic carbocycles. The molecule has 0 saturated heterocycles. The van der Waals surface area contributed by atoms with Gasteiger partial charge in [0.25, 0.3) is 0 Å². The number of carbonyl (C=O) groups is 2. The highest BCUT2D eigenvalue weighted by Crippen LogP contribution is 2.00. The first-order valence-corrected chi connectivity index (χ1v) is 4.88. The Morgan fingerprint density at radius 1 is 1.50 bits per heavy atom. The lowest BCUT2D eigenvalue weighted by atomic mass is 10.1. The van der Waals surface area contributed by atoms with Crippen molar-refractivity contribution < 1.29 is 14.3 Å². The summed E-state index contributed by atoms with van der Waals surface area (Å²) >= 11 is 0. The van der Waals surface area contributed by atoms with Crippen molar-refractivity contribution in [1.82, 2.24) is 10.3 Å². The number of pyridine rings is 1. The van der Waals surface area contributed by atoms with Crippen molar-refractivity contribution in [2.24, 2.45) is 0 Å². The molecule has 0 unspecified atom stereocenters. The van der Waals surface area contributed by atoms with Gasteiger partial charge in [-0.2, -0.15) is 0 Å². The number of aromatic nitrogens is 1. The Bertz CT molecular complexity index is 365. The van der Waals surface area contributed by atoms with Crippen LogP contribution in [0.4, 0.5) is 4.79 Å². The van der Waals surface area contributed by atoms with Crippen LogP contribution in [-0.2, 0) is 16.0 Å². The monoisotopic (exact) mass is 222 g/mol. The quantitative estimate of drug-likeness (QED) is 0.823. The van der Waals surface area contributed by atoms with Crippen LogP contribution in [0.3, 0.4) is 0 Å². The highest BCUT2D eigenvalue weighted by molar-refractivity contribution is 5.85. The molecule has 1 amide bonds. The van der Waals surface area contributed by atoms with E-state index in [0.717, 1.165) is 5.69 Å². The van der Waals surface area contributed by atoms with Gasteiger partial charge in [-0.25, -0.2) is 4.79 Å². The molecule has 86 valence electrons. The fourth-order valence-corrected chi connectivity index (χ4v) is 1.23. The smallest absolute Gasteiger partial charge is 0.407 e. The highest BCUT2D eigenvalue weighted by atomic mass is 16.5. The molecular formula is C11H14N2O3. The van der Waals surface area contributed by atoms with Crippen LogP contribution in [0.15, 0.2) is 24.4 Å². The summed E-state index contributed by atoms with van der Waals surface area (Å²) in [4.78, 5) is 26.4. The molecule has 0 aromatic carbocycles. The predicted molar refractivity (Wildman–Crippen MR) is 58.0 cm³/mol. The number of hydrogen-bond acceptors (Lipinski definition) is 4. The minimum atomic E-state index is -0.615. The zero-order chi connectivity index (χ0) is 12.0. The van der Waals surface area contributed by atoms with Crippen LogP contribution in [0.2, 0.25) is 0 Å². The van der Waals surface area contributed by atoms with E-state index in [2.05, 4.69) is 15.0 Å². The first-order chi connectivity index (χ1) is 7.63. The van der Waals surface area contributed by atoms with E-state index in [4.69, 9.17) is 0 Å². The fraction of sp³-hybridized carbons (Fsp3) is 0.364. The Morgan fingerprint density at radius 3 is 2.75 bits per heavy atom. The van der Waals surface area contributed by atoms with Crippen molar-refractivity contribution in [2.75, 3.05) is 7.11 Å². The first-order valence-electron chi connectivity index (χ1n) is 4.88. The number of methoxy groups -OCH3 is 1. The zero-order valence-electron chi connectivity index (χ0n) is 9.27. The molecule has 1 aromatic heterocycles. The fourth-order valence-electron chi connectivity index (χ4n) is 1.23. The van der Waals surface area contributed by atoms with Gasteiger partial charge in [0, 0.05) is 18.3 Å². The number of Topliss-reactive ketones (excluding diaryl/α,β-unsaturated/α-hetero) is 1. The summed E-state index contributed by atoms with van der Waals surface area (Å²) < 4.78 is 4.45. The van der Waals surface area contributed by atoms with Gasteiger partial charge in [0.05, 0.1) is 13.2 Å². The number of carbonyl (C=O) groups excluding carboxylic acids is 2. The highest BCUT2D eigenvalue weighted by Gasteiger charge is 2.18. The molecule has 0 aliphatic rings. The summed E-state index contributed by atoms with van der Waals surface area (Å²) in [6.07, 6.45) is 1.40. The predicted octanol–water partition coefficient (Wildman–Crippen LogP) is 0.938. The Morgan fingerprint density at radius 2 is 2.25 bits per heavy atom. The number of rotatable bonds is 4. The van der Waals surface area contributed by atoms with E-state index in [1.807, 2.05) is 6.07 Å². The van der Waals surface area contributed by atoms with E-state index >= 15 is 0 Å². The van der Waals surface area contributed by atoms with Crippen LogP contribution in [0.25, 0.3) is 0 Å². The van der Waals surface area contributed by atoms with Gasteiger partial charge < -0.3 is 10.1 Å². The maximum absolute atomic E-state index is 11.3. The largest absolute Gasteiger partial charge is 0.453 e. The molecule has 0 saturated carbocycles. The number of alkyl carbamates (subject to hydrolysis) is 1. The second kappa shape index (κ2) is 5.85. The summed E-state index contributed by atoms with van der Waals surface area (Å²) in [6.45, 7) is 1.42. The van der Waals surface area contributed by atoms with Gasteiger partial charge in [0.15, 0.2) is 5.78 Å². The second-order valence-corrected chi connectivity index (χ2v) is 3.32. The average molecular weight is 222 g/mol. The van der Waals surface area contributed by atoms with Gasteiger partial charge in [0.1, 0.15) is 0 Å². The lowest BCUT2D eigenvalue weighted by molar-refractivity contribution is -0.118. The number of amides is 1. The Kier molecular flexibility index (Phi) is 4.44. The molecule has 0 bridgehead atoms. The molecule has 16 heavy (non-hydrogen) atoms. The van der Waals surface area contributed by atoms with Gasteiger partial charge in [-0.3, -0.25) is 9.78 Å². The minimum absolute atomic E-state index is 0.129. The molecule has 5 nitrogen and oxygen atoms in total. The SMILES string of the molecule is COC(=O)N[C@@H](Cc1ccccn1)C(C)=O. The van der Waals surface area contributed by atoms with Crippen molar-refractivity contribution >= 4 is 11.9 Å². The standard InChI is InChI=1S/C11H14N2O3/c1-8(14)10(13-11(15)16-2)7-9-5-3-4-6-12-9/h3-6,10H,7H2,1-2H3,(H,13,15)/t10-/m0/s1. The third-order valence-electron chi connectivity index (χ3n) is 2.11. The van der Waals surface area contributed by atoms with E-state index in [1.54, 1.807) is 18.3 Å². The van der Waals surface area contributed by atoms with E-state index in [0.29, 0.717) is 6.42 Å². The number of hydrogen-bond donors (Lipinski definition) is 1. The lowest BCUT2D eigenvalue weighted by Gasteiger charge is -2.14. The maximum Gasteiger partial charge on any atom is 0.407 e. The van der Waals surface area contributed by atoms with Gasteiger partial charge >= 0.3 is 6.09 Å².